The van der Waals surface area contributed by atoms with Crippen LogP contribution in [0, 0.1) is 6.92 Å². The van der Waals surface area contributed by atoms with E-state index >= 15 is 0 Å². The fourth-order valence-corrected chi connectivity index (χ4v) is 1.56. The average Bonchev–Trinajstić information content (AvgIpc) is 2.68. The van der Waals surface area contributed by atoms with Crippen molar-refractivity contribution in [1.29, 1.82) is 0 Å². The molecule has 1 aliphatic rings. The average molecular weight is 152 g/mol. The number of aromatic amines is 1. The van der Waals surface area contributed by atoms with Crippen LogP contribution in [-0.2, 0) is 7.05 Å². The maximum atomic E-state index is 11.4. The van der Waals surface area contributed by atoms with Crippen LogP contribution >= 0.6 is 0 Å². The second-order valence-electron chi connectivity index (χ2n) is 3.29. The Morgan fingerprint density at radius 3 is 2.55 bits per heavy atom. The summed E-state index contributed by atoms with van der Waals surface area (Å²) in [6.07, 6.45) is 2.38. The zero-order valence-electron chi connectivity index (χ0n) is 6.85. The van der Waals surface area contributed by atoms with Crippen LogP contribution in [0.25, 0.3) is 0 Å². The molecule has 0 bridgehead atoms. The Morgan fingerprint density at radius 2 is 2.18 bits per heavy atom. The van der Waals surface area contributed by atoms with Crippen LogP contribution < -0.4 is 5.56 Å². The molecular weight excluding hydrogens is 140 g/mol. The molecule has 3 nitrogen and oxygen atoms in total. The Morgan fingerprint density at radius 1 is 1.55 bits per heavy atom. The van der Waals surface area contributed by atoms with Gasteiger partial charge in [0, 0.05) is 18.3 Å². The smallest absolute Gasteiger partial charge is 0.269 e. The summed E-state index contributed by atoms with van der Waals surface area (Å²) >= 11 is 0. The molecule has 1 fully saturated rings. The summed E-state index contributed by atoms with van der Waals surface area (Å²) in [5, 5.41) is 3.00. The fourth-order valence-electron chi connectivity index (χ4n) is 1.56. The molecule has 3 heteroatoms. The summed E-state index contributed by atoms with van der Waals surface area (Å²) in [7, 11) is 1.77. The predicted molar refractivity (Wildman–Crippen MR) is 42.7 cm³/mol. The summed E-state index contributed by atoms with van der Waals surface area (Å²) in [6.45, 7) is 1.97. The van der Waals surface area contributed by atoms with Crippen molar-refractivity contribution in [1.82, 2.24) is 9.78 Å². The number of rotatable bonds is 1. The van der Waals surface area contributed by atoms with E-state index in [0.717, 1.165) is 11.3 Å². The van der Waals surface area contributed by atoms with Gasteiger partial charge in [-0.3, -0.25) is 14.6 Å². The molecule has 0 aliphatic heterocycles. The van der Waals surface area contributed by atoms with Gasteiger partial charge in [0.25, 0.3) is 5.56 Å². The molecule has 1 saturated carbocycles. The number of nitrogens with one attached hydrogen (secondary N) is 1. The third-order valence-corrected chi connectivity index (χ3v) is 2.26. The lowest BCUT2D eigenvalue weighted by Crippen LogP contribution is -2.14. The minimum Gasteiger partial charge on any atom is -0.300 e. The van der Waals surface area contributed by atoms with E-state index in [0.29, 0.717) is 5.92 Å². The summed E-state index contributed by atoms with van der Waals surface area (Å²) in [6, 6.07) is 0. The van der Waals surface area contributed by atoms with Gasteiger partial charge in [-0.25, -0.2) is 0 Å². The molecule has 0 unspecified atom stereocenters. The predicted octanol–water partition coefficient (Wildman–Crippen LogP) is 0.899. The van der Waals surface area contributed by atoms with E-state index in [2.05, 4.69) is 5.10 Å². The Kier molecular flexibility index (Phi) is 1.22. The van der Waals surface area contributed by atoms with Crippen molar-refractivity contribution in [2.45, 2.75) is 25.7 Å². The summed E-state index contributed by atoms with van der Waals surface area (Å²) < 4.78 is 1.56. The van der Waals surface area contributed by atoms with Gasteiger partial charge in [0.2, 0.25) is 0 Å². The highest BCUT2D eigenvalue weighted by Gasteiger charge is 2.29. The zero-order valence-corrected chi connectivity index (χ0v) is 6.85. The Bertz CT molecular complexity index is 330. The van der Waals surface area contributed by atoms with Crippen LogP contribution in [0.5, 0.6) is 0 Å². The number of hydrogen-bond donors (Lipinski definition) is 1. The number of H-pyrrole nitrogens is 1. The van der Waals surface area contributed by atoms with E-state index in [9.17, 15) is 4.79 Å². The first kappa shape index (κ1) is 6.70. The number of nitrogens with zero attached hydrogens (tertiary/aromatic N) is 1. The van der Waals surface area contributed by atoms with Gasteiger partial charge in [0.1, 0.15) is 0 Å². The number of hydrogen-bond acceptors (Lipinski definition) is 1. The maximum absolute atomic E-state index is 11.4. The quantitative estimate of drug-likeness (QED) is 0.637. The van der Waals surface area contributed by atoms with Gasteiger partial charge in [-0.1, -0.05) is 0 Å². The molecule has 0 saturated heterocycles. The second-order valence-corrected chi connectivity index (χ2v) is 3.29. The largest absolute Gasteiger partial charge is 0.300 e. The van der Waals surface area contributed by atoms with Gasteiger partial charge < -0.3 is 0 Å². The van der Waals surface area contributed by atoms with Crippen molar-refractivity contribution in [2.24, 2.45) is 7.05 Å². The first-order chi connectivity index (χ1) is 5.20. The van der Waals surface area contributed by atoms with E-state index < -0.39 is 0 Å². The molecule has 0 aromatic carbocycles. The topological polar surface area (TPSA) is 37.8 Å². The minimum atomic E-state index is 0.157. The van der Waals surface area contributed by atoms with Crippen molar-refractivity contribution in [3.8, 4) is 0 Å². The van der Waals surface area contributed by atoms with Crippen molar-refractivity contribution >= 4 is 0 Å². The molecule has 60 valence electrons. The molecule has 0 atom stereocenters. The van der Waals surface area contributed by atoms with Crippen LogP contribution in [-0.4, -0.2) is 9.78 Å². The van der Waals surface area contributed by atoms with Gasteiger partial charge in [-0.15, -0.1) is 0 Å². The monoisotopic (exact) mass is 152 g/mol. The maximum Gasteiger partial charge on any atom is 0.269 e. The molecule has 11 heavy (non-hydrogen) atoms. The lowest BCUT2D eigenvalue weighted by atomic mass is 10.2. The molecule has 2 rings (SSSR count). The van der Waals surface area contributed by atoms with E-state index in [-0.39, 0.29) is 5.56 Å². The first-order valence-electron chi connectivity index (χ1n) is 3.95. The van der Waals surface area contributed by atoms with E-state index in [1.165, 1.54) is 12.8 Å². The Hall–Kier alpha value is -0.990. The van der Waals surface area contributed by atoms with E-state index in [1.54, 1.807) is 11.7 Å². The third kappa shape index (κ3) is 0.914. The SMILES string of the molecule is Cc1[nH]n(C)c(=O)c1C1CC1. The summed E-state index contributed by atoms with van der Waals surface area (Å²) in [5.41, 5.74) is 2.21. The molecule has 1 heterocycles. The standard InChI is InChI=1S/C8H12N2O/c1-5-7(6-3-4-6)8(11)10(2)9-5/h6,9H,3-4H2,1-2H3. The molecule has 1 aliphatic carbocycles. The van der Waals surface area contributed by atoms with Gasteiger partial charge in [0.15, 0.2) is 0 Å². The lowest BCUT2D eigenvalue weighted by molar-refractivity contribution is 0.729. The molecule has 0 spiro atoms. The molecule has 0 radical (unpaired) electrons. The molecule has 0 amide bonds. The third-order valence-electron chi connectivity index (χ3n) is 2.26. The zero-order chi connectivity index (χ0) is 8.01. The number of aromatic nitrogens is 2. The second kappa shape index (κ2) is 2.00. The molecule has 1 aromatic rings. The van der Waals surface area contributed by atoms with Crippen molar-refractivity contribution in [2.75, 3.05) is 0 Å². The van der Waals surface area contributed by atoms with E-state index in [4.69, 9.17) is 0 Å². The van der Waals surface area contributed by atoms with Crippen LogP contribution in [0.3, 0.4) is 0 Å². The minimum absolute atomic E-state index is 0.157. The fraction of sp³-hybridized carbons (Fsp3) is 0.625. The summed E-state index contributed by atoms with van der Waals surface area (Å²) in [5.74, 6) is 0.556. The highest BCUT2D eigenvalue weighted by Crippen LogP contribution is 2.39. The van der Waals surface area contributed by atoms with Crippen molar-refractivity contribution < 1.29 is 0 Å². The molecule has 1 aromatic heterocycles. The Labute approximate surface area is 65.0 Å². The van der Waals surface area contributed by atoms with Crippen LogP contribution in [0.1, 0.15) is 30.0 Å². The van der Waals surface area contributed by atoms with Crippen molar-refractivity contribution in [3.05, 3.63) is 21.6 Å². The van der Waals surface area contributed by atoms with E-state index in [1.807, 2.05) is 6.92 Å². The summed E-state index contributed by atoms with van der Waals surface area (Å²) in [4.78, 5) is 11.4. The van der Waals surface area contributed by atoms with Gasteiger partial charge in [-0.2, -0.15) is 0 Å². The highest BCUT2D eigenvalue weighted by molar-refractivity contribution is 5.24. The lowest BCUT2D eigenvalue weighted by Gasteiger charge is -1.88. The van der Waals surface area contributed by atoms with Crippen LogP contribution in [0.15, 0.2) is 4.79 Å². The van der Waals surface area contributed by atoms with Crippen LogP contribution in [0.4, 0.5) is 0 Å². The molecular formula is C8H12N2O. The van der Waals surface area contributed by atoms with Gasteiger partial charge >= 0.3 is 0 Å². The van der Waals surface area contributed by atoms with Crippen molar-refractivity contribution in [3.63, 3.8) is 0 Å². The first-order valence-corrected chi connectivity index (χ1v) is 3.95. The highest BCUT2D eigenvalue weighted by atomic mass is 16.1. The number of aryl methyl sites for hydroxylation is 2. The Balaban J connectivity index is 2.59. The van der Waals surface area contributed by atoms with Crippen LogP contribution in [0.2, 0.25) is 0 Å². The molecule has 1 N–H and O–H groups in total. The van der Waals surface area contributed by atoms with Gasteiger partial charge in [0.05, 0.1) is 0 Å². The van der Waals surface area contributed by atoms with Gasteiger partial charge in [-0.05, 0) is 25.7 Å². The normalized spacial score (nSPS) is 17.3.